The highest BCUT2D eigenvalue weighted by molar-refractivity contribution is 7.91. The summed E-state index contributed by atoms with van der Waals surface area (Å²) in [5.41, 5.74) is 0.667. The molecule has 0 radical (unpaired) electrons. The number of carbonyl (C=O) groups excluding carboxylic acids is 1. The van der Waals surface area contributed by atoms with Crippen molar-refractivity contribution in [2.45, 2.75) is 23.8 Å². The quantitative estimate of drug-likeness (QED) is 0.586. The molecule has 2 N–H and O–H groups in total. The van der Waals surface area contributed by atoms with Crippen molar-refractivity contribution in [3.63, 3.8) is 0 Å². The molecule has 9 nitrogen and oxygen atoms in total. The number of hydrogen-bond donors (Lipinski definition) is 2. The van der Waals surface area contributed by atoms with Crippen LogP contribution in [0.4, 0.5) is 5.69 Å². The SMILES string of the molecule is O=C(Nc1cc(S(=O)(=O)N2CCCC2)ccc1O)C(c1ccccc1)N1CCS(=O)(=O)CC1. The van der Waals surface area contributed by atoms with Gasteiger partial charge in [0.05, 0.1) is 22.1 Å². The number of rotatable bonds is 6. The molecule has 2 aliphatic rings. The van der Waals surface area contributed by atoms with Crippen LogP contribution < -0.4 is 5.32 Å². The Kier molecular flexibility index (Phi) is 6.76. The van der Waals surface area contributed by atoms with Gasteiger partial charge in [-0.15, -0.1) is 0 Å². The Hall–Kier alpha value is -2.47. The fourth-order valence-electron chi connectivity index (χ4n) is 4.20. The Labute approximate surface area is 194 Å². The number of nitrogens with zero attached hydrogens (tertiary/aromatic N) is 2. The molecule has 2 aromatic carbocycles. The van der Waals surface area contributed by atoms with E-state index in [-0.39, 0.29) is 40.9 Å². The summed E-state index contributed by atoms with van der Waals surface area (Å²) in [6.07, 6.45) is 1.59. The first-order valence-electron chi connectivity index (χ1n) is 10.8. The summed E-state index contributed by atoms with van der Waals surface area (Å²) in [6, 6.07) is 12.0. The largest absolute Gasteiger partial charge is 0.506 e. The van der Waals surface area contributed by atoms with Crippen molar-refractivity contribution < 1.29 is 26.7 Å². The van der Waals surface area contributed by atoms with E-state index < -0.39 is 31.8 Å². The summed E-state index contributed by atoms with van der Waals surface area (Å²) >= 11 is 0. The number of phenolic OH excluding ortho intramolecular Hbond substituents is 1. The third-order valence-corrected chi connectivity index (χ3v) is 9.54. The minimum atomic E-state index is -3.73. The molecule has 2 aliphatic heterocycles. The first kappa shape index (κ1) is 23.7. The minimum absolute atomic E-state index is 0.00201. The third kappa shape index (κ3) is 5.21. The van der Waals surface area contributed by atoms with Crippen molar-refractivity contribution in [3.8, 4) is 5.75 Å². The number of nitrogens with one attached hydrogen (secondary N) is 1. The Bertz CT molecular complexity index is 1210. The van der Waals surface area contributed by atoms with Gasteiger partial charge in [0.15, 0.2) is 9.84 Å². The normalized spacial score (nSPS) is 20.4. The monoisotopic (exact) mass is 493 g/mol. The lowest BCUT2D eigenvalue weighted by Gasteiger charge is -2.33. The molecule has 0 spiro atoms. The van der Waals surface area contributed by atoms with Crippen molar-refractivity contribution in [2.24, 2.45) is 0 Å². The van der Waals surface area contributed by atoms with Crippen LogP contribution in [0, 0.1) is 0 Å². The molecule has 4 rings (SSSR count). The summed E-state index contributed by atoms with van der Waals surface area (Å²) in [5.74, 6) is -0.820. The van der Waals surface area contributed by atoms with E-state index >= 15 is 0 Å². The fraction of sp³-hybridized carbons (Fsp3) is 0.409. The number of sulfonamides is 1. The smallest absolute Gasteiger partial charge is 0.246 e. The molecule has 178 valence electrons. The van der Waals surface area contributed by atoms with Crippen LogP contribution in [0.1, 0.15) is 24.4 Å². The molecule has 0 aliphatic carbocycles. The Morgan fingerprint density at radius 2 is 1.61 bits per heavy atom. The molecule has 0 saturated carbocycles. The van der Waals surface area contributed by atoms with Crippen LogP contribution in [0.25, 0.3) is 0 Å². The highest BCUT2D eigenvalue weighted by Gasteiger charge is 2.33. The van der Waals surface area contributed by atoms with Crippen LogP contribution in [-0.4, -0.2) is 74.7 Å². The van der Waals surface area contributed by atoms with Crippen LogP contribution in [0.5, 0.6) is 5.75 Å². The second-order valence-corrected chi connectivity index (χ2v) is 12.5. The summed E-state index contributed by atoms with van der Waals surface area (Å²) in [7, 11) is -6.86. The number of phenols is 1. The van der Waals surface area contributed by atoms with E-state index in [2.05, 4.69) is 5.32 Å². The maximum atomic E-state index is 13.4. The lowest BCUT2D eigenvalue weighted by Crippen LogP contribution is -2.46. The van der Waals surface area contributed by atoms with E-state index in [1.165, 1.54) is 22.5 Å². The first-order chi connectivity index (χ1) is 15.7. The fourth-order valence-corrected chi connectivity index (χ4v) is 6.98. The number of benzene rings is 2. The van der Waals surface area contributed by atoms with Gasteiger partial charge >= 0.3 is 0 Å². The van der Waals surface area contributed by atoms with Crippen LogP contribution in [0.2, 0.25) is 0 Å². The number of carbonyl (C=O) groups is 1. The molecule has 2 aromatic rings. The maximum absolute atomic E-state index is 13.4. The second-order valence-electron chi connectivity index (χ2n) is 8.28. The van der Waals surface area contributed by atoms with E-state index in [9.17, 15) is 26.7 Å². The van der Waals surface area contributed by atoms with E-state index in [1.54, 1.807) is 29.2 Å². The minimum Gasteiger partial charge on any atom is -0.506 e. The van der Waals surface area contributed by atoms with Crippen molar-refractivity contribution in [1.29, 1.82) is 0 Å². The predicted octanol–water partition coefficient (Wildman–Crippen LogP) is 1.59. The predicted molar refractivity (Wildman–Crippen MR) is 124 cm³/mol. The molecule has 2 saturated heterocycles. The molecular weight excluding hydrogens is 466 g/mol. The molecule has 0 bridgehead atoms. The number of amides is 1. The molecule has 33 heavy (non-hydrogen) atoms. The summed E-state index contributed by atoms with van der Waals surface area (Å²) in [6.45, 7) is 1.28. The van der Waals surface area contributed by atoms with Crippen molar-refractivity contribution in [1.82, 2.24) is 9.21 Å². The number of hydrogen-bond acceptors (Lipinski definition) is 7. The summed E-state index contributed by atoms with van der Waals surface area (Å²) < 4.78 is 51.0. The summed E-state index contributed by atoms with van der Waals surface area (Å²) in [4.78, 5) is 15.2. The molecular formula is C22H27N3O6S2. The van der Waals surface area contributed by atoms with Crippen LogP contribution in [0.15, 0.2) is 53.4 Å². The van der Waals surface area contributed by atoms with E-state index in [0.717, 1.165) is 12.8 Å². The Morgan fingerprint density at radius 1 is 0.970 bits per heavy atom. The third-order valence-electron chi connectivity index (χ3n) is 6.04. The molecule has 1 unspecified atom stereocenters. The molecule has 1 amide bonds. The Morgan fingerprint density at radius 3 is 2.24 bits per heavy atom. The lowest BCUT2D eigenvalue weighted by atomic mass is 10.0. The number of anilines is 1. The van der Waals surface area contributed by atoms with Gasteiger partial charge in [0.1, 0.15) is 11.8 Å². The van der Waals surface area contributed by atoms with E-state index in [0.29, 0.717) is 18.7 Å². The van der Waals surface area contributed by atoms with E-state index in [4.69, 9.17) is 0 Å². The zero-order valence-corrected chi connectivity index (χ0v) is 19.7. The zero-order chi connectivity index (χ0) is 23.6. The van der Waals surface area contributed by atoms with Gasteiger partial charge in [-0.25, -0.2) is 16.8 Å². The molecule has 2 fully saturated rings. The van der Waals surface area contributed by atoms with Gasteiger partial charge < -0.3 is 10.4 Å². The highest BCUT2D eigenvalue weighted by Crippen LogP contribution is 2.31. The van der Waals surface area contributed by atoms with Gasteiger partial charge in [-0.2, -0.15) is 4.31 Å². The van der Waals surface area contributed by atoms with Gasteiger partial charge in [-0.3, -0.25) is 9.69 Å². The van der Waals surface area contributed by atoms with Crippen LogP contribution >= 0.6 is 0 Å². The van der Waals surface area contributed by atoms with Crippen molar-refractivity contribution in [3.05, 3.63) is 54.1 Å². The Balaban J connectivity index is 1.62. The van der Waals surface area contributed by atoms with Gasteiger partial charge in [0, 0.05) is 26.2 Å². The lowest BCUT2D eigenvalue weighted by molar-refractivity contribution is -0.121. The van der Waals surface area contributed by atoms with Crippen LogP contribution in [-0.2, 0) is 24.7 Å². The van der Waals surface area contributed by atoms with E-state index in [1.807, 2.05) is 6.07 Å². The zero-order valence-electron chi connectivity index (χ0n) is 18.1. The van der Waals surface area contributed by atoms with Gasteiger partial charge in [-0.05, 0) is 36.6 Å². The highest BCUT2D eigenvalue weighted by atomic mass is 32.2. The standard InChI is InChI=1S/C22H27N3O6S2/c26-20-9-8-18(33(30,31)25-10-4-5-11-25)16-19(20)23-22(27)21(17-6-2-1-3-7-17)24-12-14-32(28,29)15-13-24/h1-3,6-9,16,21,26H,4-5,10-15H2,(H,23,27). The molecule has 2 heterocycles. The molecule has 0 aromatic heterocycles. The molecule has 11 heteroatoms. The average Bonchev–Trinajstić information content (AvgIpc) is 3.33. The summed E-state index contributed by atoms with van der Waals surface area (Å²) in [5, 5.41) is 13.0. The first-order valence-corrected chi connectivity index (χ1v) is 14.1. The number of sulfone groups is 1. The molecule has 1 atom stereocenters. The van der Waals surface area contributed by atoms with Crippen LogP contribution in [0.3, 0.4) is 0 Å². The van der Waals surface area contributed by atoms with Gasteiger partial charge in [0.25, 0.3) is 0 Å². The van der Waals surface area contributed by atoms with Gasteiger partial charge in [-0.1, -0.05) is 30.3 Å². The van der Waals surface area contributed by atoms with Crippen molar-refractivity contribution >= 4 is 31.5 Å². The maximum Gasteiger partial charge on any atom is 0.246 e. The number of aromatic hydroxyl groups is 1. The second kappa shape index (κ2) is 9.41. The van der Waals surface area contributed by atoms with Crippen molar-refractivity contribution in [2.75, 3.05) is 43.0 Å². The van der Waals surface area contributed by atoms with Gasteiger partial charge in [0.2, 0.25) is 15.9 Å². The topological polar surface area (TPSA) is 124 Å². The average molecular weight is 494 g/mol.